The quantitative estimate of drug-likeness (QED) is 0.487. The maximum Gasteiger partial charge on any atom is 0.335 e. The van der Waals surface area contributed by atoms with Gasteiger partial charge in [-0.25, -0.2) is 13.2 Å². The van der Waals surface area contributed by atoms with E-state index in [1.165, 1.54) is 66.7 Å². The van der Waals surface area contributed by atoms with Crippen LogP contribution in [0.15, 0.2) is 71.6 Å². The Morgan fingerprint density at radius 3 is 2.13 bits per heavy atom. The van der Waals surface area contributed by atoms with Crippen molar-refractivity contribution in [3.05, 3.63) is 87.9 Å². The van der Waals surface area contributed by atoms with Crippen LogP contribution in [-0.2, 0) is 10.0 Å². The van der Waals surface area contributed by atoms with Crippen molar-refractivity contribution in [2.75, 3.05) is 10.0 Å². The van der Waals surface area contributed by atoms with Crippen molar-refractivity contribution in [3.63, 3.8) is 0 Å². The molecule has 0 saturated heterocycles. The molecule has 0 heterocycles. The third-order valence-corrected chi connectivity index (χ3v) is 6.09. The summed E-state index contributed by atoms with van der Waals surface area (Å²) in [6, 6.07) is 15.4. The number of anilines is 2. The first-order valence-electron chi connectivity index (χ1n) is 8.38. The van der Waals surface area contributed by atoms with Gasteiger partial charge in [-0.05, 0) is 60.7 Å². The monoisotopic (exact) mass is 464 g/mol. The van der Waals surface area contributed by atoms with Crippen LogP contribution >= 0.6 is 23.2 Å². The number of benzene rings is 3. The molecule has 0 saturated carbocycles. The second-order valence-electron chi connectivity index (χ2n) is 6.10. The average Bonchev–Trinajstić information content (AvgIpc) is 2.70. The number of carbonyl (C=O) groups excluding carboxylic acids is 1. The number of carboxylic acids is 1. The number of amides is 1. The van der Waals surface area contributed by atoms with Gasteiger partial charge in [-0.3, -0.25) is 9.52 Å². The highest BCUT2D eigenvalue weighted by Gasteiger charge is 2.17. The Balaban J connectivity index is 1.77. The molecule has 0 spiro atoms. The first kappa shape index (κ1) is 21.6. The molecule has 0 bridgehead atoms. The van der Waals surface area contributed by atoms with Crippen LogP contribution in [0.3, 0.4) is 0 Å². The second-order valence-corrected chi connectivity index (χ2v) is 8.60. The Morgan fingerprint density at radius 1 is 0.800 bits per heavy atom. The van der Waals surface area contributed by atoms with Crippen LogP contribution in [0.25, 0.3) is 0 Å². The largest absolute Gasteiger partial charge is 0.478 e. The summed E-state index contributed by atoms with van der Waals surface area (Å²) >= 11 is 11.7. The lowest BCUT2D eigenvalue weighted by Crippen LogP contribution is -2.15. The fraction of sp³-hybridized carbons (Fsp3) is 0. The zero-order valence-electron chi connectivity index (χ0n) is 15.1. The van der Waals surface area contributed by atoms with Gasteiger partial charge in [0.05, 0.1) is 20.5 Å². The summed E-state index contributed by atoms with van der Waals surface area (Å²) in [5.74, 6) is -1.57. The van der Waals surface area contributed by atoms with Crippen molar-refractivity contribution < 1.29 is 23.1 Å². The minimum atomic E-state index is -3.95. The van der Waals surface area contributed by atoms with E-state index in [0.29, 0.717) is 5.69 Å². The predicted octanol–water partition coefficient (Wildman–Crippen LogP) is 4.74. The summed E-state index contributed by atoms with van der Waals surface area (Å²) in [5, 5.41) is 11.9. The zero-order chi connectivity index (χ0) is 21.9. The van der Waals surface area contributed by atoms with Crippen LogP contribution in [0.2, 0.25) is 10.0 Å². The Kier molecular flexibility index (Phi) is 6.31. The van der Waals surface area contributed by atoms with Crippen LogP contribution in [-0.4, -0.2) is 25.4 Å². The second kappa shape index (κ2) is 8.74. The van der Waals surface area contributed by atoms with E-state index >= 15 is 0 Å². The maximum absolute atomic E-state index is 12.6. The fourth-order valence-electron chi connectivity index (χ4n) is 2.48. The molecule has 0 aliphatic heterocycles. The molecule has 0 aliphatic carbocycles. The van der Waals surface area contributed by atoms with E-state index in [2.05, 4.69) is 10.0 Å². The minimum Gasteiger partial charge on any atom is -0.478 e. The molecule has 154 valence electrons. The lowest BCUT2D eigenvalue weighted by atomic mass is 10.1. The average molecular weight is 465 g/mol. The summed E-state index contributed by atoms with van der Waals surface area (Å²) in [6.45, 7) is 0. The van der Waals surface area contributed by atoms with Gasteiger partial charge < -0.3 is 10.4 Å². The van der Waals surface area contributed by atoms with E-state index in [4.69, 9.17) is 28.3 Å². The zero-order valence-corrected chi connectivity index (χ0v) is 17.4. The molecule has 0 aliphatic rings. The number of rotatable bonds is 6. The van der Waals surface area contributed by atoms with Crippen molar-refractivity contribution in [2.24, 2.45) is 0 Å². The number of nitrogens with one attached hydrogen (secondary N) is 2. The SMILES string of the molecule is O=C(O)c1ccc(NC(=O)c2cccc(NS(=O)(=O)c3ccc(Cl)c(Cl)c3)c2)cc1. The van der Waals surface area contributed by atoms with Crippen LogP contribution in [0.5, 0.6) is 0 Å². The number of carboxylic acid groups (broad SMARTS) is 1. The molecule has 0 fully saturated rings. The molecule has 3 aromatic carbocycles. The van der Waals surface area contributed by atoms with E-state index in [-0.39, 0.29) is 31.8 Å². The molecular weight excluding hydrogens is 451 g/mol. The summed E-state index contributed by atoms with van der Waals surface area (Å²) in [4.78, 5) is 23.3. The lowest BCUT2D eigenvalue weighted by Gasteiger charge is -2.11. The molecule has 1 amide bonds. The summed E-state index contributed by atoms with van der Waals surface area (Å²) in [7, 11) is -3.95. The van der Waals surface area contributed by atoms with Gasteiger partial charge in [0, 0.05) is 16.9 Å². The predicted molar refractivity (Wildman–Crippen MR) is 115 cm³/mol. The number of aromatic carboxylic acids is 1. The van der Waals surface area contributed by atoms with Crippen molar-refractivity contribution in [3.8, 4) is 0 Å². The number of hydrogen-bond donors (Lipinski definition) is 3. The highest BCUT2D eigenvalue weighted by atomic mass is 35.5. The Bertz CT molecular complexity index is 1230. The van der Waals surface area contributed by atoms with Gasteiger partial charge in [0.15, 0.2) is 0 Å². The maximum atomic E-state index is 12.6. The molecule has 0 aromatic heterocycles. The van der Waals surface area contributed by atoms with E-state index in [1.54, 1.807) is 0 Å². The molecule has 30 heavy (non-hydrogen) atoms. The van der Waals surface area contributed by atoms with Crippen molar-refractivity contribution in [1.82, 2.24) is 0 Å². The topological polar surface area (TPSA) is 113 Å². The van der Waals surface area contributed by atoms with Gasteiger partial charge in [0.25, 0.3) is 15.9 Å². The van der Waals surface area contributed by atoms with Crippen LogP contribution in [0.1, 0.15) is 20.7 Å². The van der Waals surface area contributed by atoms with Gasteiger partial charge in [-0.2, -0.15) is 0 Å². The van der Waals surface area contributed by atoms with E-state index < -0.39 is 21.9 Å². The highest BCUT2D eigenvalue weighted by Crippen LogP contribution is 2.26. The Labute approximate surface area is 182 Å². The van der Waals surface area contributed by atoms with Crippen molar-refractivity contribution in [2.45, 2.75) is 4.90 Å². The molecule has 0 radical (unpaired) electrons. The van der Waals surface area contributed by atoms with Gasteiger partial charge in [-0.15, -0.1) is 0 Å². The summed E-state index contributed by atoms with van der Waals surface area (Å²) in [5.41, 5.74) is 0.861. The van der Waals surface area contributed by atoms with Crippen molar-refractivity contribution in [1.29, 1.82) is 0 Å². The van der Waals surface area contributed by atoms with Crippen LogP contribution in [0.4, 0.5) is 11.4 Å². The van der Waals surface area contributed by atoms with Crippen molar-refractivity contribution >= 4 is 56.5 Å². The third-order valence-electron chi connectivity index (χ3n) is 3.97. The third kappa shape index (κ3) is 5.10. The Hall–Kier alpha value is -3.07. The molecule has 3 aromatic rings. The number of carbonyl (C=O) groups is 2. The first-order valence-corrected chi connectivity index (χ1v) is 10.6. The lowest BCUT2D eigenvalue weighted by molar-refractivity contribution is 0.0696. The van der Waals surface area contributed by atoms with Gasteiger partial charge in [-0.1, -0.05) is 29.3 Å². The Morgan fingerprint density at radius 2 is 1.50 bits per heavy atom. The molecule has 3 N–H and O–H groups in total. The van der Waals surface area contributed by atoms with Gasteiger partial charge in [0.2, 0.25) is 0 Å². The van der Waals surface area contributed by atoms with E-state index in [0.717, 1.165) is 0 Å². The normalized spacial score (nSPS) is 11.0. The number of sulfonamides is 1. The molecule has 7 nitrogen and oxygen atoms in total. The minimum absolute atomic E-state index is 0.0784. The number of halogens is 2. The van der Waals surface area contributed by atoms with Gasteiger partial charge >= 0.3 is 5.97 Å². The number of hydrogen-bond acceptors (Lipinski definition) is 4. The summed E-state index contributed by atoms with van der Waals surface area (Å²) in [6.07, 6.45) is 0. The molecule has 0 unspecified atom stereocenters. The fourth-order valence-corrected chi connectivity index (χ4v) is 3.92. The highest BCUT2D eigenvalue weighted by molar-refractivity contribution is 7.92. The van der Waals surface area contributed by atoms with Crippen LogP contribution in [0, 0.1) is 0 Å². The van der Waals surface area contributed by atoms with Gasteiger partial charge in [0.1, 0.15) is 0 Å². The summed E-state index contributed by atoms with van der Waals surface area (Å²) < 4.78 is 27.5. The molecular formula is C20H14Cl2N2O5S. The smallest absolute Gasteiger partial charge is 0.335 e. The molecule has 10 heteroatoms. The molecule has 0 atom stereocenters. The van der Waals surface area contributed by atoms with E-state index in [9.17, 15) is 18.0 Å². The standard InChI is InChI=1S/C20H14Cl2N2O5S/c21-17-9-8-16(11-18(17)22)30(28,29)24-15-3-1-2-13(10-15)19(25)23-14-6-4-12(5-7-14)20(26)27/h1-11,24H,(H,23,25)(H,26,27). The van der Waals surface area contributed by atoms with E-state index in [1.807, 2.05) is 0 Å². The first-order chi connectivity index (χ1) is 14.2. The molecule has 3 rings (SSSR count). The van der Waals surface area contributed by atoms with Crippen LogP contribution < -0.4 is 10.0 Å².